The van der Waals surface area contributed by atoms with Crippen molar-refractivity contribution in [2.45, 2.75) is 11.8 Å². The standard InChI is InChI=1S/C21H20ClN3O3S/c1-15-19(13-16-5-2-3-8-20(16)23-15)21(26)24-9-11-25(12-10-24)29(27,28)18-7-4-6-17(22)14-18/h2-8,13-14H,9-12H2,1H3. The topological polar surface area (TPSA) is 70.6 Å². The van der Waals surface area contributed by atoms with E-state index in [0.29, 0.717) is 29.4 Å². The third-order valence-electron chi connectivity index (χ3n) is 5.10. The van der Waals surface area contributed by atoms with Gasteiger partial charge in [0.1, 0.15) is 0 Å². The Morgan fingerprint density at radius 2 is 1.72 bits per heavy atom. The molecule has 1 aliphatic rings. The second kappa shape index (κ2) is 7.74. The van der Waals surface area contributed by atoms with Crippen LogP contribution in [0.5, 0.6) is 0 Å². The van der Waals surface area contributed by atoms with Crippen molar-refractivity contribution in [3.05, 3.63) is 70.9 Å². The number of nitrogens with zero attached hydrogens (tertiary/aromatic N) is 3. The monoisotopic (exact) mass is 429 g/mol. The van der Waals surface area contributed by atoms with Crippen LogP contribution >= 0.6 is 11.6 Å². The highest BCUT2D eigenvalue weighted by Gasteiger charge is 2.31. The van der Waals surface area contributed by atoms with E-state index in [2.05, 4.69) is 4.98 Å². The van der Waals surface area contributed by atoms with Crippen molar-refractivity contribution in [1.29, 1.82) is 0 Å². The number of hydrogen-bond donors (Lipinski definition) is 0. The number of halogens is 1. The van der Waals surface area contributed by atoms with Crippen LogP contribution in [0.3, 0.4) is 0 Å². The van der Waals surface area contributed by atoms with E-state index < -0.39 is 10.0 Å². The molecule has 1 aromatic heterocycles. The Morgan fingerprint density at radius 1 is 1.00 bits per heavy atom. The van der Waals surface area contributed by atoms with Crippen LogP contribution in [-0.2, 0) is 10.0 Å². The normalized spacial score (nSPS) is 15.6. The molecular weight excluding hydrogens is 410 g/mol. The first-order chi connectivity index (χ1) is 13.9. The number of pyridine rings is 1. The summed E-state index contributed by atoms with van der Waals surface area (Å²) in [7, 11) is -3.64. The molecule has 8 heteroatoms. The number of sulfonamides is 1. The zero-order chi connectivity index (χ0) is 20.6. The number of aryl methyl sites for hydroxylation is 1. The van der Waals surface area contributed by atoms with E-state index in [1.165, 1.54) is 16.4 Å². The summed E-state index contributed by atoms with van der Waals surface area (Å²) < 4.78 is 27.1. The van der Waals surface area contributed by atoms with Crippen molar-refractivity contribution < 1.29 is 13.2 Å². The molecule has 150 valence electrons. The molecule has 6 nitrogen and oxygen atoms in total. The number of hydrogen-bond acceptors (Lipinski definition) is 4. The summed E-state index contributed by atoms with van der Waals surface area (Å²) in [5.74, 6) is -0.124. The van der Waals surface area contributed by atoms with Gasteiger partial charge in [0.15, 0.2) is 0 Å². The first-order valence-electron chi connectivity index (χ1n) is 9.27. The fourth-order valence-corrected chi connectivity index (χ4v) is 5.23. The Kier molecular flexibility index (Phi) is 5.29. The minimum absolute atomic E-state index is 0.124. The van der Waals surface area contributed by atoms with Crippen LogP contribution in [0.4, 0.5) is 0 Å². The minimum Gasteiger partial charge on any atom is -0.336 e. The van der Waals surface area contributed by atoms with Gasteiger partial charge in [0.05, 0.1) is 21.7 Å². The highest BCUT2D eigenvalue weighted by atomic mass is 35.5. The average molecular weight is 430 g/mol. The predicted octanol–water partition coefficient (Wildman–Crippen LogP) is 3.34. The highest BCUT2D eigenvalue weighted by molar-refractivity contribution is 7.89. The lowest BCUT2D eigenvalue weighted by Crippen LogP contribution is -2.50. The molecule has 0 atom stereocenters. The van der Waals surface area contributed by atoms with Crippen LogP contribution < -0.4 is 0 Å². The van der Waals surface area contributed by atoms with Gasteiger partial charge in [-0.25, -0.2) is 8.42 Å². The lowest BCUT2D eigenvalue weighted by molar-refractivity contribution is 0.0697. The number of aromatic nitrogens is 1. The molecule has 29 heavy (non-hydrogen) atoms. The van der Waals surface area contributed by atoms with Gasteiger partial charge in [-0.05, 0) is 37.3 Å². The van der Waals surface area contributed by atoms with Crippen LogP contribution in [0, 0.1) is 6.92 Å². The summed E-state index contributed by atoms with van der Waals surface area (Å²) >= 11 is 5.94. The highest BCUT2D eigenvalue weighted by Crippen LogP contribution is 2.22. The van der Waals surface area contributed by atoms with Gasteiger partial charge in [0, 0.05) is 36.6 Å². The molecule has 4 rings (SSSR count). The maximum Gasteiger partial charge on any atom is 0.255 e. The Balaban J connectivity index is 1.51. The predicted molar refractivity (Wildman–Crippen MR) is 113 cm³/mol. The van der Waals surface area contributed by atoms with Crippen molar-refractivity contribution in [2.75, 3.05) is 26.2 Å². The van der Waals surface area contributed by atoms with Gasteiger partial charge in [0.2, 0.25) is 10.0 Å². The van der Waals surface area contributed by atoms with Crippen LogP contribution in [0.25, 0.3) is 10.9 Å². The van der Waals surface area contributed by atoms with Gasteiger partial charge in [-0.3, -0.25) is 9.78 Å². The summed E-state index contributed by atoms with van der Waals surface area (Å²) in [6, 6.07) is 15.7. The molecular formula is C21H20ClN3O3S. The maximum absolute atomic E-state index is 13.0. The van der Waals surface area contributed by atoms with Gasteiger partial charge in [-0.2, -0.15) is 4.31 Å². The molecule has 0 N–H and O–H groups in total. The molecule has 0 radical (unpaired) electrons. The van der Waals surface area contributed by atoms with Gasteiger partial charge in [-0.15, -0.1) is 0 Å². The molecule has 0 saturated carbocycles. The van der Waals surface area contributed by atoms with E-state index in [1.807, 2.05) is 37.3 Å². The zero-order valence-corrected chi connectivity index (χ0v) is 17.4. The average Bonchev–Trinajstić information content (AvgIpc) is 2.73. The number of amides is 1. The molecule has 0 aliphatic carbocycles. The van der Waals surface area contributed by atoms with Crippen LogP contribution in [-0.4, -0.2) is 54.7 Å². The fourth-order valence-electron chi connectivity index (χ4n) is 3.51. The SMILES string of the molecule is Cc1nc2ccccc2cc1C(=O)N1CCN(S(=O)(=O)c2cccc(Cl)c2)CC1. The van der Waals surface area contributed by atoms with E-state index in [0.717, 1.165) is 10.9 Å². The number of para-hydroxylation sites is 1. The molecule has 2 heterocycles. The number of piperazine rings is 1. The Labute approximate surface area is 174 Å². The second-order valence-corrected chi connectivity index (χ2v) is 9.34. The summed E-state index contributed by atoms with van der Waals surface area (Å²) in [5.41, 5.74) is 2.07. The van der Waals surface area contributed by atoms with Gasteiger partial charge >= 0.3 is 0 Å². The Bertz CT molecular complexity index is 1190. The molecule has 1 amide bonds. The van der Waals surface area contributed by atoms with Gasteiger partial charge in [0.25, 0.3) is 5.91 Å². The molecule has 1 aliphatic heterocycles. The molecule has 1 fully saturated rings. The summed E-state index contributed by atoms with van der Waals surface area (Å²) in [6.07, 6.45) is 0. The molecule has 0 spiro atoms. The number of carbonyl (C=O) groups excluding carboxylic acids is 1. The molecule has 3 aromatic rings. The third-order valence-corrected chi connectivity index (χ3v) is 7.23. The Morgan fingerprint density at radius 3 is 2.45 bits per heavy atom. The van der Waals surface area contributed by atoms with Crippen LogP contribution in [0.15, 0.2) is 59.5 Å². The maximum atomic E-state index is 13.0. The summed E-state index contributed by atoms with van der Waals surface area (Å²) in [6.45, 7) is 2.94. The molecule has 1 saturated heterocycles. The lowest BCUT2D eigenvalue weighted by Gasteiger charge is -2.34. The van der Waals surface area contributed by atoms with E-state index in [1.54, 1.807) is 17.0 Å². The first kappa shape index (κ1) is 19.8. The first-order valence-corrected chi connectivity index (χ1v) is 11.1. The Hall–Kier alpha value is -2.48. The van der Waals surface area contributed by atoms with Crippen molar-refractivity contribution in [3.63, 3.8) is 0 Å². The quantitative estimate of drug-likeness (QED) is 0.640. The lowest BCUT2D eigenvalue weighted by atomic mass is 10.1. The minimum atomic E-state index is -3.64. The summed E-state index contributed by atoms with van der Waals surface area (Å²) in [5, 5.41) is 1.28. The summed E-state index contributed by atoms with van der Waals surface area (Å²) in [4.78, 5) is 19.4. The van der Waals surface area contributed by atoms with Crippen LogP contribution in [0.1, 0.15) is 16.1 Å². The number of fused-ring (bicyclic) bond motifs is 1. The molecule has 0 unspecified atom stereocenters. The van der Waals surface area contributed by atoms with Gasteiger partial charge in [-0.1, -0.05) is 35.9 Å². The fraction of sp³-hybridized carbons (Fsp3) is 0.238. The van der Waals surface area contributed by atoms with Crippen molar-refractivity contribution in [3.8, 4) is 0 Å². The van der Waals surface area contributed by atoms with Crippen LogP contribution in [0.2, 0.25) is 5.02 Å². The van der Waals surface area contributed by atoms with Crippen molar-refractivity contribution in [1.82, 2.24) is 14.2 Å². The second-order valence-electron chi connectivity index (χ2n) is 6.97. The van der Waals surface area contributed by atoms with E-state index in [4.69, 9.17) is 11.6 Å². The van der Waals surface area contributed by atoms with Crippen molar-refractivity contribution in [2.24, 2.45) is 0 Å². The van der Waals surface area contributed by atoms with Gasteiger partial charge < -0.3 is 4.90 Å². The number of rotatable bonds is 3. The number of carbonyl (C=O) groups is 1. The number of benzene rings is 2. The molecule has 0 bridgehead atoms. The van der Waals surface area contributed by atoms with E-state index in [9.17, 15) is 13.2 Å². The smallest absolute Gasteiger partial charge is 0.255 e. The van der Waals surface area contributed by atoms with Crippen molar-refractivity contribution >= 4 is 38.4 Å². The molecule has 2 aromatic carbocycles. The van der Waals surface area contributed by atoms with E-state index in [-0.39, 0.29) is 23.9 Å². The zero-order valence-electron chi connectivity index (χ0n) is 15.9. The largest absolute Gasteiger partial charge is 0.336 e. The third kappa shape index (κ3) is 3.85. The van der Waals surface area contributed by atoms with E-state index >= 15 is 0 Å².